The van der Waals surface area contributed by atoms with E-state index in [2.05, 4.69) is 100 Å². The van der Waals surface area contributed by atoms with Gasteiger partial charge in [0.15, 0.2) is 0 Å². The number of aliphatic hydroxyl groups excluding tert-OH is 2. The van der Waals surface area contributed by atoms with Crippen LogP contribution in [-0.4, -0.2) is 332 Å². The summed E-state index contributed by atoms with van der Waals surface area (Å²) in [6, 6.07) is 1.63. The number of primary amides is 2. The van der Waals surface area contributed by atoms with E-state index in [4.69, 9.17) is 32.4 Å². The van der Waals surface area contributed by atoms with Gasteiger partial charge in [0, 0.05) is 94.6 Å². The highest BCUT2D eigenvalue weighted by atomic mass is 16.5. The molecular formula is C97H147N25O25. The fraction of sp³-hybridized carbons (Fsp3) is 0.598. The lowest BCUT2D eigenvalue weighted by molar-refractivity contribution is -0.144. The van der Waals surface area contributed by atoms with Crippen LogP contribution in [0.4, 0.5) is 0 Å². The van der Waals surface area contributed by atoms with Crippen molar-refractivity contribution in [2.24, 2.45) is 22.9 Å². The number of carboxylic acids is 2. The third kappa shape index (κ3) is 46.2. The minimum atomic E-state index is -2.12. The number of ether oxygens (including phenoxy) is 2. The molecule has 2 saturated heterocycles. The lowest BCUT2D eigenvalue weighted by atomic mass is 10.0. The van der Waals surface area contributed by atoms with Crippen molar-refractivity contribution >= 4 is 117 Å². The molecule has 7 rings (SSSR count). The van der Waals surface area contributed by atoms with E-state index in [1.165, 1.54) is 75.6 Å². The number of unbranched alkanes of at least 4 members (excludes halogenated alkanes) is 13. The lowest BCUT2D eigenvalue weighted by Gasteiger charge is -2.31. The highest BCUT2D eigenvalue weighted by Crippen LogP contribution is 2.25. The number of nitrogens with zero attached hydrogens (tertiary/aromatic N) is 5. The molecule has 0 saturated carbocycles. The minimum Gasteiger partial charge on any atom is -0.508 e. The van der Waals surface area contributed by atoms with E-state index in [-0.39, 0.29) is 114 Å². The maximum absolute atomic E-state index is 15.5. The standard InChI is InChI=1S/C97H147N25O25/c1-2-3-28-68(87(136)112-71-39-41-81(128)102-42-23-22-30-67(86(99)135)108-92(141)74(50-62-52-105-66-29-21-20-27-65(62)66)114-88(137)69(31-24-43-104-97(100)101)109-90(139)73(48-60-25-16-15-17-26-60)115-95(144)77-51-64(125)54-122(77)96(71)145)110-93(142)75(55-121(56-84(131)132)57-85(133)134)116-91(140)72(49-61-34-36-63(124)37-35-61)113-89(138)70(38-40-78(98)126)111-94(143)76(58-123)107-82(129)53-106-83(130)59-147-47-46-146-45-44-103-80(127)33-19-14-12-10-8-6-4-5-7-9-11-13-18-32-79-117-119-120-118-79/h15-17,20-21,25-27,29,34-37,52,64,67-77,97,104-105,123-125H,2-14,18-19,22-24,28,30-33,38-51,53-59,100-101H2,1H3,(H2,98,126)(H2,99,135)(H,102,128)(H,103,127)(H,106,130)(H,107,129)(H,108,141)(H,109,139)(H,110,142)(H,111,143)(H,112,136)(H,113,138)(H,114,137)(H,115,144)(H,116,140)(H,131,132)(H,133,134)(H,117,118,119,120)/t64-,67+,68+,69+,70+,71+,72+,73-,74+,75+,76+,77+/m1/s1. The molecule has 810 valence electrons. The fourth-order valence-corrected chi connectivity index (χ4v) is 16.7. The van der Waals surface area contributed by atoms with E-state index in [0.717, 1.165) is 49.2 Å². The number of hydrogen-bond donors (Lipinski definition) is 25. The number of aromatic hydroxyl groups is 1. The summed E-state index contributed by atoms with van der Waals surface area (Å²) in [4.78, 5) is 257. The monoisotopic (exact) mass is 2060 g/mol. The molecule has 2 aliphatic rings. The predicted octanol–water partition coefficient (Wildman–Crippen LogP) is -3.75. The van der Waals surface area contributed by atoms with Crippen LogP contribution in [-0.2, 0) is 121 Å². The maximum Gasteiger partial charge on any atom is 0.317 e. The summed E-state index contributed by atoms with van der Waals surface area (Å²) < 4.78 is 10.9. The van der Waals surface area contributed by atoms with Gasteiger partial charge in [-0.05, 0) is 116 Å². The SMILES string of the molecule is CCCC[C@H](NC(=O)[C@H](CN(CC(=O)O)CC(=O)O)NC(=O)[C@H](Cc1ccc(O)cc1)NC(=O)[C@H](CCC(N)=O)NC(=O)[C@H](CO)NC(=O)CNC(=O)COCCOCCNC(=O)CCCCCCCCCCCCCCCc1nnn[nH]1)C(=O)N[C@H]1CCC(=O)NCCCC[C@@H](C(N)=O)NC(=O)[C@H](Cc2c[nH]c3ccccc23)NC(=O)[C@H](CCCNC(N)N)NC(=O)[C@@H](Cc2ccccc2)NC(=O)[C@@H]2C[C@@H](O)CN2C1=O. The number of fused-ring (bicyclic) bond motifs is 2. The van der Waals surface area contributed by atoms with Crippen molar-refractivity contribution in [3.63, 3.8) is 0 Å². The highest BCUT2D eigenvalue weighted by Gasteiger charge is 2.45. The van der Waals surface area contributed by atoms with Gasteiger partial charge in [-0.2, -0.15) is 0 Å². The number of rotatable bonds is 62. The summed E-state index contributed by atoms with van der Waals surface area (Å²) in [6.45, 7) is -4.05. The van der Waals surface area contributed by atoms with Gasteiger partial charge >= 0.3 is 11.9 Å². The molecule has 50 heteroatoms. The van der Waals surface area contributed by atoms with Crippen molar-refractivity contribution in [1.29, 1.82) is 0 Å². The van der Waals surface area contributed by atoms with Gasteiger partial charge in [0.05, 0.1) is 52.2 Å². The molecule has 2 aliphatic heterocycles. The molecule has 4 heterocycles. The Morgan fingerprint density at radius 2 is 1.18 bits per heavy atom. The number of H-pyrrole nitrogens is 2. The molecule has 3 aromatic carbocycles. The number of phenolic OH excluding ortho intramolecular Hbond substituents is 1. The third-order valence-electron chi connectivity index (χ3n) is 24.6. The van der Waals surface area contributed by atoms with Crippen LogP contribution in [0.3, 0.4) is 0 Å². The van der Waals surface area contributed by atoms with Crippen LogP contribution in [0, 0.1) is 0 Å². The van der Waals surface area contributed by atoms with Crippen LogP contribution in [0.2, 0.25) is 0 Å². The number of phenols is 1. The van der Waals surface area contributed by atoms with Crippen LogP contribution < -0.4 is 97.4 Å². The number of amides is 16. The van der Waals surface area contributed by atoms with Crippen molar-refractivity contribution in [3.05, 3.63) is 108 Å². The number of para-hydroxylation sites is 1. The van der Waals surface area contributed by atoms with E-state index in [1.54, 1.807) is 67.7 Å². The Morgan fingerprint density at radius 1 is 0.578 bits per heavy atom. The number of aliphatic hydroxyl groups is 2. The second-order valence-corrected chi connectivity index (χ2v) is 36.6. The molecule has 12 atom stereocenters. The van der Waals surface area contributed by atoms with Gasteiger partial charge in [-0.25, -0.2) is 5.10 Å². The van der Waals surface area contributed by atoms with Crippen molar-refractivity contribution in [1.82, 2.24) is 110 Å². The zero-order valence-electron chi connectivity index (χ0n) is 83.1. The van der Waals surface area contributed by atoms with Crippen LogP contribution in [0.1, 0.15) is 203 Å². The maximum atomic E-state index is 15.5. The summed E-state index contributed by atoms with van der Waals surface area (Å²) in [7, 11) is 0. The van der Waals surface area contributed by atoms with Crippen LogP contribution in [0.15, 0.2) is 85.1 Å². The normalized spacial score (nSPS) is 18.3. The second-order valence-electron chi connectivity index (χ2n) is 36.6. The lowest BCUT2D eigenvalue weighted by Crippen LogP contribution is -2.62. The van der Waals surface area contributed by atoms with Crippen LogP contribution in [0.25, 0.3) is 10.9 Å². The minimum absolute atomic E-state index is 0.0503. The number of carbonyl (C=O) groups is 18. The van der Waals surface area contributed by atoms with Crippen molar-refractivity contribution in [2.75, 3.05) is 85.4 Å². The van der Waals surface area contributed by atoms with Gasteiger partial charge in [-0.1, -0.05) is 151 Å². The number of nitrogens with one attached hydrogen (secondary N) is 16. The number of aromatic amines is 2. The molecule has 29 N–H and O–H groups in total. The number of aryl methyl sites for hydroxylation is 1. The first-order chi connectivity index (χ1) is 70.6. The van der Waals surface area contributed by atoms with E-state index in [1.807, 2.05) is 0 Å². The Bertz CT molecular complexity index is 5020. The van der Waals surface area contributed by atoms with E-state index in [9.17, 15) is 83.1 Å². The zero-order chi connectivity index (χ0) is 107. The Labute approximate surface area is 851 Å². The van der Waals surface area contributed by atoms with Gasteiger partial charge in [0.25, 0.3) is 0 Å². The molecular weight excluding hydrogens is 1920 g/mol. The summed E-state index contributed by atoms with van der Waals surface area (Å²) in [5.74, 6) is -18.3. The largest absolute Gasteiger partial charge is 0.508 e. The van der Waals surface area contributed by atoms with Crippen molar-refractivity contribution in [2.45, 2.75) is 285 Å². The molecule has 0 radical (unpaired) electrons. The average Bonchev–Trinajstić information content (AvgIpc) is 1.68. The smallest absolute Gasteiger partial charge is 0.317 e. The molecule has 0 unspecified atom stereocenters. The molecule has 2 fully saturated rings. The molecule has 0 spiro atoms. The Balaban J connectivity index is 1.03. The molecule has 0 aliphatic carbocycles. The zero-order valence-corrected chi connectivity index (χ0v) is 83.1. The topological polar surface area (TPSA) is 776 Å². The molecule has 5 aromatic rings. The van der Waals surface area contributed by atoms with Crippen molar-refractivity contribution in [3.8, 4) is 5.75 Å². The Hall–Kier alpha value is -13.8. The number of benzene rings is 3. The van der Waals surface area contributed by atoms with Crippen molar-refractivity contribution < 1.29 is 121 Å². The Kier molecular flexibility index (Phi) is 54.2. The summed E-state index contributed by atoms with van der Waals surface area (Å²) in [5, 5.41) is 103. The molecule has 147 heavy (non-hydrogen) atoms. The van der Waals surface area contributed by atoms with Gasteiger partial charge in [-0.3, -0.25) is 96.5 Å². The van der Waals surface area contributed by atoms with E-state index >= 15 is 28.8 Å². The number of aromatic nitrogens is 5. The molecule has 0 bridgehead atoms. The average molecular weight is 2060 g/mol. The Morgan fingerprint density at radius 3 is 1.83 bits per heavy atom. The quantitative estimate of drug-likeness (QED) is 0.0131. The number of hydrogen-bond acceptors (Lipinski definition) is 30. The summed E-state index contributed by atoms with van der Waals surface area (Å²) in [6.07, 6.45) is 11.7. The van der Waals surface area contributed by atoms with E-state index in [0.29, 0.717) is 39.8 Å². The predicted molar refractivity (Wildman–Crippen MR) is 531 cm³/mol. The third-order valence-corrected chi connectivity index (χ3v) is 24.6. The van der Waals surface area contributed by atoms with Gasteiger partial charge < -0.3 is 137 Å². The summed E-state index contributed by atoms with van der Waals surface area (Å²) in [5.41, 5.74) is 24.9. The molecule has 16 amide bonds. The number of nitrogens with two attached hydrogens (primary N) is 4. The van der Waals surface area contributed by atoms with Crippen LogP contribution >= 0.6 is 0 Å². The molecule has 2 aromatic heterocycles. The summed E-state index contributed by atoms with van der Waals surface area (Å²) >= 11 is 0. The second kappa shape index (κ2) is 66.4. The highest BCUT2D eigenvalue weighted by molar-refractivity contribution is 6.01. The number of aliphatic carboxylic acids is 2. The first-order valence-electron chi connectivity index (χ1n) is 50.2. The van der Waals surface area contributed by atoms with Gasteiger partial charge in [-0.15, -0.1) is 5.10 Å². The number of carbonyl (C=O) groups excluding carboxylic acids is 16. The fourth-order valence-electron chi connectivity index (χ4n) is 16.7. The first kappa shape index (κ1) is 120. The van der Waals surface area contributed by atoms with Crippen LogP contribution in [0.5, 0.6) is 5.75 Å². The first-order valence-corrected chi connectivity index (χ1v) is 50.2. The van der Waals surface area contributed by atoms with E-state index < -0.39 is 264 Å². The number of carboxylic acid groups (broad SMARTS) is 2. The number of tetrazole rings is 1. The molecule has 50 nitrogen and oxygen atoms in total. The van der Waals surface area contributed by atoms with Gasteiger partial charge in [0.1, 0.15) is 90.9 Å². The van der Waals surface area contributed by atoms with Gasteiger partial charge in [0.2, 0.25) is 94.5 Å².